The maximum absolute atomic E-state index is 13.8. The van der Waals surface area contributed by atoms with Crippen molar-refractivity contribution in [1.82, 2.24) is 10.2 Å². The van der Waals surface area contributed by atoms with Crippen molar-refractivity contribution < 1.29 is 17.6 Å². The predicted octanol–water partition coefficient (Wildman–Crippen LogP) is 6.35. The molecule has 0 aliphatic heterocycles. The molecule has 0 spiro atoms. The standard InChI is InChI=1S/C28H24ClFN2O3S/c1-3-24(25-12-10-22(30)15-26(25)29)28(20-9-13-27-21(14-20)16-31-32-27)19-7-4-18(5-8-19)6-11-23(33)17-36(2,34)35/h4-16H,3,17H2,1-2H3,(H,31,32)/b11-6+,28-24+. The highest BCUT2D eigenvalue weighted by Gasteiger charge is 2.16. The molecule has 1 N–H and O–H groups in total. The predicted molar refractivity (Wildman–Crippen MR) is 144 cm³/mol. The van der Waals surface area contributed by atoms with Crippen LogP contribution in [-0.4, -0.2) is 36.4 Å². The van der Waals surface area contributed by atoms with Gasteiger partial charge >= 0.3 is 0 Å². The van der Waals surface area contributed by atoms with Gasteiger partial charge in [0.2, 0.25) is 0 Å². The Morgan fingerprint density at radius 3 is 2.44 bits per heavy atom. The summed E-state index contributed by atoms with van der Waals surface area (Å²) in [5.41, 5.74) is 6.17. The minimum absolute atomic E-state index is 0.331. The van der Waals surface area contributed by atoms with E-state index >= 15 is 0 Å². The van der Waals surface area contributed by atoms with E-state index in [4.69, 9.17) is 11.6 Å². The zero-order valence-electron chi connectivity index (χ0n) is 19.8. The van der Waals surface area contributed by atoms with Crippen LogP contribution in [0.1, 0.15) is 35.6 Å². The van der Waals surface area contributed by atoms with Gasteiger partial charge in [-0.05, 0) is 70.2 Å². The summed E-state index contributed by atoms with van der Waals surface area (Å²) in [5, 5.41) is 8.36. The summed E-state index contributed by atoms with van der Waals surface area (Å²) in [6.07, 6.45) is 6.30. The van der Waals surface area contributed by atoms with Gasteiger partial charge in [0.1, 0.15) is 11.6 Å². The van der Waals surface area contributed by atoms with Crippen LogP contribution in [0.2, 0.25) is 5.02 Å². The van der Waals surface area contributed by atoms with Crippen LogP contribution < -0.4 is 0 Å². The second-order valence-electron chi connectivity index (χ2n) is 8.50. The van der Waals surface area contributed by atoms with E-state index in [0.29, 0.717) is 11.4 Å². The van der Waals surface area contributed by atoms with Crippen LogP contribution in [0.25, 0.3) is 28.1 Å². The molecular formula is C28H24ClFN2O3S. The summed E-state index contributed by atoms with van der Waals surface area (Å²) in [5.74, 6) is -1.40. The fourth-order valence-corrected chi connectivity index (χ4v) is 5.00. The Hall–Kier alpha value is -3.55. The number of sulfone groups is 1. The van der Waals surface area contributed by atoms with Crippen LogP contribution in [-0.2, 0) is 14.6 Å². The second kappa shape index (κ2) is 10.6. The van der Waals surface area contributed by atoms with Gasteiger partial charge in [-0.25, -0.2) is 12.8 Å². The van der Waals surface area contributed by atoms with Gasteiger partial charge in [-0.3, -0.25) is 9.89 Å². The number of H-pyrrole nitrogens is 1. The SMILES string of the molecule is CC/C(=C(/c1ccc(/C=C/C(=O)CS(C)(=O)=O)cc1)c1ccc2[nH]ncc2c1)c1ccc(F)cc1Cl. The molecule has 184 valence electrons. The number of halogens is 2. The summed E-state index contributed by atoms with van der Waals surface area (Å²) in [6, 6.07) is 18.0. The van der Waals surface area contributed by atoms with Crippen LogP contribution in [0.5, 0.6) is 0 Å². The van der Waals surface area contributed by atoms with E-state index in [2.05, 4.69) is 10.2 Å². The first-order valence-corrected chi connectivity index (χ1v) is 13.7. The average Bonchev–Trinajstić information content (AvgIpc) is 3.29. The Bertz CT molecular complexity index is 1600. The van der Waals surface area contributed by atoms with Crippen LogP contribution in [0.4, 0.5) is 4.39 Å². The number of nitrogens with one attached hydrogen (secondary N) is 1. The highest BCUT2D eigenvalue weighted by molar-refractivity contribution is 7.91. The van der Waals surface area contributed by atoms with Crippen molar-refractivity contribution in [3.8, 4) is 0 Å². The van der Waals surface area contributed by atoms with Crippen LogP contribution in [0.3, 0.4) is 0 Å². The van der Waals surface area contributed by atoms with Gasteiger partial charge in [0, 0.05) is 11.6 Å². The molecule has 0 saturated carbocycles. The molecule has 0 saturated heterocycles. The first-order chi connectivity index (χ1) is 17.1. The van der Waals surface area contributed by atoms with E-state index in [1.165, 1.54) is 18.2 Å². The van der Waals surface area contributed by atoms with Gasteiger partial charge in [0.25, 0.3) is 0 Å². The number of carbonyl (C=O) groups excluding carboxylic acids is 1. The van der Waals surface area contributed by atoms with Crippen molar-refractivity contribution in [2.75, 3.05) is 12.0 Å². The van der Waals surface area contributed by atoms with Crippen molar-refractivity contribution in [1.29, 1.82) is 0 Å². The molecule has 8 heteroatoms. The molecule has 4 aromatic rings. The number of aromatic nitrogens is 2. The topological polar surface area (TPSA) is 79.9 Å². The van der Waals surface area contributed by atoms with E-state index in [1.54, 1.807) is 18.3 Å². The van der Waals surface area contributed by atoms with Crippen molar-refractivity contribution >= 4 is 55.3 Å². The molecule has 0 amide bonds. The molecule has 4 rings (SSSR count). The highest BCUT2D eigenvalue weighted by atomic mass is 35.5. The number of carbonyl (C=O) groups is 1. The van der Waals surface area contributed by atoms with Gasteiger partial charge in [-0.1, -0.05) is 61.0 Å². The number of hydrogen-bond acceptors (Lipinski definition) is 4. The molecule has 0 bridgehead atoms. The number of allylic oxidation sites excluding steroid dienone is 2. The largest absolute Gasteiger partial charge is 0.294 e. The summed E-state index contributed by atoms with van der Waals surface area (Å²) < 4.78 is 36.4. The Kier molecular flexibility index (Phi) is 7.52. The fourth-order valence-electron chi connectivity index (χ4n) is 4.11. The quantitative estimate of drug-likeness (QED) is 0.216. The summed E-state index contributed by atoms with van der Waals surface area (Å²) in [7, 11) is -3.38. The van der Waals surface area contributed by atoms with Crippen molar-refractivity contribution in [2.24, 2.45) is 0 Å². The first-order valence-electron chi connectivity index (χ1n) is 11.3. The number of nitrogens with zero attached hydrogens (tertiary/aromatic N) is 1. The Morgan fingerprint density at radius 2 is 1.78 bits per heavy atom. The Labute approximate surface area is 214 Å². The van der Waals surface area contributed by atoms with E-state index in [0.717, 1.165) is 50.6 Å². The molecule has 0 atom stereocenters. The average molecular weight is 523 g/mol. The minimum Gasteiger partial charge on any atom is -0.294 e. The number of fused-ring (bicyclic) bond motifs is 1. The lowest BCUT2D eigenvalue weighted by molar-refractivity contribution is -0.112. The van der Waals surface area contributed by atoms with Crippen LogP contribution >= 0.6 is 11.6 Å². The summed E-state index contributed by atoms with van der Waals surface area (Å²) in [6.45, 7) is 2.02. The van der Waals surface area contributed by atoms with Crippen molar-refractivity contribution in [3.05, 3.63) is 106 Å². The molecule has 0 aliphatic carbocycles. The Balaban J connectivity index is 1.81. The molecule has 0 fully saturated rings. The Morgan fingerprint density at radius 1 is 1.06 bits per heavy atom. The van der Waals surface area contributed by atoms with Crippen molar-refractivity contribution in [3.63, 3.8) is 0 Å². The molecule has 5 nitrogen and oxygen atoms in total. The smallest absolute Gasteiger partial charge is 0.170 e. The monoisotopic (exact) mass is 522 g/mol. The van der Waals surface area contributed by atoms with Crippen LogP contribution in [0.15, 0.2) is 72.9 Å². The van der Waals surface area contributed by atoms with Gasteiger partial charge in [-0.15, -0.1) is 0 Å². The van der Waals surface area contributed by atoms with E-state index in [1.807, 2.05) is 49.4 Å². The number of rotatable bonds is 8. The van der Waals surface area contributed by atoms with Gasteiger partial charge in [0.05, 0.1) is 16.7 Å². The van der Waals surface area contributed by atoms with E-state index in [-0.39, 0.29) is 0 Å². The molecule has 0 radical (unpaired) electrons. The number of benzene rings is 3. The second-order valence-corrected chi connectivity index (χ2v) is 11.0. The maximum atomic E-state index is 13.8. The lowest BCUT2D eigenvalue weighted by Gasteiger charge is -2.18. The zero-order chi connectivity index (χ0) is 25.9. The summed E-state index contributed by atoms with van der Waals surface area (Å²) in [4.78, 5) is 11.9. The number of ketones is 1. The third-order valence-corrected chi connectivity index (χ3v) is 6.83. The number of aromatic amines is 1. The minimum atomic E-state index is -3.38. The van der Waals surface area contributed by atoms with E-state index < -0.39 is 27.2 Å². The normalized spacial score (nSPS) is 12.8. The molecule has 0 unspecified atom stereocenters. The van der Waals surface area contributed by atoms with Crippen molar-refractivity contribution in [2.45, 2.75) is 13.3 Å². The third-order valence-electron chi connectivity index (χ3n) is 5.71. The molecule has 3 aromatic carbocycles. The molecule has 1 heterocycles. The molecular weight excluding hydrogens is 499 g/mol. The first kappa shape index (κ1) is 25.5. The maximum Gasteiger partial charge on any atom is 0.170 e. The summed E-state index contributed by atoms with van der Waals surface area (Å²) >= 11 is 6.47. The van der Waals surface area contributed by atoms with Gasteiger partial charge in [0.15, 0.2) is 15.6 Å². The zero-order valence-corrected chi connectivity index (χ0v) is 21.3. The lowest BCUT2D eigenvalue weighted by atomic mass is 9.87. The molecule has 1 aromatic heterocycles. The molecule has 36 heavy (non-hydrogen) atoms. The third kappa shape index (κ3) is 5.98. The highest BCUT2D eigenvalue weighted by Crippen LogP contribution is 2.38. The number of hydrogen-bond donors (Lipinski definition) is 1. The van der Waals surface area contributed by atoms with Crippen LogP contribution in [0, 0.1) is 5.82 Å². The van der Waals surface area contributed by atoms with Gasteiger partial charge < -0.3 is 0 Å². The fraction of sp³-hybridized carbons (Fsp3) is 0.143. The van der Waals surface area contributed by atoms with Gasteiger partial charge in [-0.2, -0.15) is 5.10 Å². The molecule has 0 aliphatic rings. The lowest BCUT2D eigenvalue weighted by Crippen LogP contribution is -2.11. The van der Waals surface area contributed by atoms with E-state index in [9.17, 15) is 17.6 Å².